The third kappa shape index (κ3) is 3.29. The molecule has 0 amide bonds. The molecule has 1 rings (SSSR count). The van der Waals surface area contributed by atoms with E-state index in [1.54, 1.807) is 6.20 Å². The summed E-state index contributed by atoms with van der Waals surface area (Å²) in [5.74, 6) is 6.13. The van der Waals surface area contributed by atoms with Gasteiger partial charge in [0, 0.05) is 6.20 Å². The summed E-state index contributed by atoms with van der Waals surface area (Å²) in [5.41, 5.74) is 2.36. The number of aliphatic hydroxyl groups excluding tert-OH is 1. The fourth-order valence-electron chi connectivity index (χ4n) is 1.01. The van der Waals surface area contributed by atoms with Gasteiger partial charge < -0.3 is 10.4 Å². The number of nitrogens with two attached hydrogens (primary N) is 1. The van der Waals surface area contributed by atoms with Crippen LogP contribution in [0.25, 0.3) is 0 Å². The summed E-state index contributed by atoms with van der Waals surface area (Å²) in [7, 11) is 0. The molecule has 0 aliphatic rings. The molecule has 1 atom stereocenters. The van der Waals surface area contributed by atoms with Crippen molar-refractivity contribution >= 4 is 27.7 Å². The zero-order valence-corrected chi connectivity index (χ0v) is 9.95. The first kappa shape index (κ1) is 12.2. The maximum absolute atomic E-state index is 9.04. The molecule has 0 saturated heterocycles. The summed E-state index contributed by atoms with van der Waals surface area (Å²) in [6.45, 7) is 2.03. The topological polar surface area (TPSA) is 96.1 Å². The van der Waals surface area contributed by atoms with Gasteiger partial charge in [0.15, 0.2) is 0 Å². The zero-order chi connectivity index (χ0) is 11.3. The zero-order valence-electron chi connectivity index (χ0n) is 8.37. The van der Waals surface area contributed by atoms with E-state index in [1.165, 1.54) is 0 Å². The van der Waals surface area contributed by atoms with Crippen LogP contribution in [0.2, 0.25) is 0 Å². The van der Waals surface area contributed by atoms with Crippen molar-refractivity contribution in [2.75, 3.05) is 17.3 Å². The lowest BCUT2D eigenvalue weighted by Gasteiger charge is -2.15. The number of nitrogen functional groups attached to an aromatic ring is 1. The summed E-state index contributed by atoms with van der Waals surface area (Å²) in [4.78, 5) is 8.03. The second-order valence-electron chi connectivity index (χ2n) is 2.97. The Hall–Kier alpha value is -0.920. The van der Waals surface area contributed by atoms with Crippen LogP contribution in [0.4, 0.5) is 11.8 Å². The Labute approximate surface area is 96.4 Å². The average molecular weight is 276 g/mol. The minimum Gasteiger partial charge on any atom is -0.394 e. The van der Waals surface area contributed by atoms with Gasteiger partial charge in [-0.1, -0.05) is 6.92 Å². The fourth-order valence-corrected chi connectivity index (χ4v) is 1.31. The smallest absolute Gasteiger partial charge is 0.239 e. The van der Waals surface area contributed by atoms with Crippen molar-refractivity contribution in [1.29, 1.82) is 0 Å². The molecule has 0 saturated carbocycles. The Morgan fingerprint density at radius 2 is 2.40 bits per heavy atom. The van der Waals surface area contributed by atoms with E-state index in [9.17, 15) is 0 Å². The van der Waals surface area contributed by atoms with Gasteiger partial charge in [0.2, 0.25) is 5.95 Å². The van der Waals surface area contributed by atoms with Crippen LogP contribution in [-0.4, -0.2) is 27.7 Å². The first-order chi connectivity index (χ1) is 7.21. The van der Waals surface area contributed by atoms with Crippen LogP contribution in [0, 0.1) is 0 Å². The molecule has 1 aromatic rings. The molecule has 0 aliphatic heterocycles. The standard InChI is InChI=1S/C8H14BrN5O/c1-2-5(4-15)12-7-6(9)3-11-8(13-7)14-10/h3,5,15H,2,4,10H2,1H3,(H2,11,12,13,14). The van der Waals surface area contributed by atoms with Gasteiger partial charge in [-0.25, -0.2) is 10.8 Å². The van der Waals surface area contributed by atoms with Gasteiger partial charge in [-0.05, 0) is 22.4 Å². The second kappa shape index (κ2) is 5.84. The quantitative estimate of drug-likeness (QED) is 0.467. The van der Waals surface area contributed by atoms with Gasteiger partial charge in [0.1, 0.15) is 5.82 Å². The number of aliphatic hydroxyl groups is 1. The second-order valence-corrected chi connectivity index (χ2v) is 3.82. The molecule has 84 valence electrons. The van der Waals surface area contributed by atoms with Crippen molar-refractivity contribution in [2.45, 2.75) is 19.4 Å². The number of anilines is 2. The predicted molar refractivity (Wildman–Crippen MR) is 62.3 cm³/mol. The number of nitrogens with one attached hydrogen (secondary N) is 2. The Balaban J connectivity index is 2.82. The molecule has 0 bridgehead atoms. The molecule has 1 unspecified atom stereocenters. The van der Waals surface area contributed by atoms with Crippen LogP contribution >= 0.6 is 15.9 Å². The van der Waals surface area contributed by atoms with Gasteiger partial charge >= 0.3 is 0 Å². The number of aromatic nitrogens is 2. The third-order valence-corrected chi connectivity index (χ3v) is 2.51. The number of hydrogen-bond acceptors (Lipinski definition) is 6. The summed E-state index contributed by atoms with van der Waals surface area (Å²) < 4.78 is 0.730. The third-order valence-electron chi connectivity index (χ3n) is 1.93. The normalized spacial score (nSPS) is 12.3. The average Bonchev–Trinajstić information content (AvgIpc) is 2.28. The van der Waals surface area contributed by atoms with Crippen molar-refractivity contribution in [2.24, 2.45) is 5.84 Å². The Morgan fingerprint density at radius 3 is 2.93 bits per heavy atom. The lowest BCUT2D eigenvalue weighted by atomic mass is 10.2. The molecule has 7 heteroatoms. The number of nitrogens with zero attached hydrogens (tertiary/aromatic N) is 2. The molecule has 0 aromatic carbocycles. The molecular formula is C8H14BrN5O. The number of hydrazine groups is 1. The van der Waals surface area contributed by atoms with Gasteiger partial charge in [-0.15, -0.1) is 0 Å². The van der Waals surface area contributed by atoms with Gasteiger partial charge in [0.25, 0.3) is 0 Å². The van der Waals surface area contributed by atoms with Crippen LogP contribution in [0.5, 0.6) is 0 Å². The van der Waals surface area contributed by atoms with E-state index < -0.39 is 0 Å². The van der Waals surface area contributed by atoms with Crippen molar-refractivity contribution in [3.05, 3.63) is 10.7 Å². The van der Waals surface area contributed by atoms with E-state index in [0.29, 0.717) is 11.8 Å². The molecule has 0 spiro atoms. The highest BCUT2D eigenvalue weighted by molar-refractivity contribution is 9.10. The number of halogens is 1. The molecule has 6 nitrogen and oxygen atoms in total. The van der Waals surface area contributed by atoms with Gasteiger partial charge in [-0.3, -0.25) is 5.43 Å². The summed E-state index contributed by atoms with van der Waals surface area (Å²) in [5, 5.41) is 12.1. The maximum Gasteiger partial charge on any atom is 0.239 e. The Kier molecular flexibility index (Phi) is 4.73. The van der Waals surface area contributed by atoms with Gasteiger partial charge in [0.05, 0.1) is 17.1 Å². The van der Waals surface area contributed by atoms with Crippen molar-refractivity contribution in [3.63, 3.8) is 0 Å². The first-order valence-electron chi connectivity index (χ1n) is 4.57. The van der Waals surface area contributed by atoms with E-state index in [-0.39, 0.29) is 12.6 Å². The van der Waals surface area contributed by atoms with E-state index >= 15 is 0 Å². The van der Waals surface area contributed by atoms with Crippen LogP contribution < -0.4 is 16.6 Å². The molecule has 1 aromatic heterocycles. The van der Waals surface area contributed by atoms with E-state index in [4.69, 9.17) is 10.9 Å². The molecule has 5 N–H and O–H groups in total. The highest BCUT2D eigenvalue weighted by atomic mass is 79.9. The van der Waals surface area contributed by atoms with E-state index in [1.807, 2.05) is 6.92 Å². The van der Waals surface area contributed by atoms with Crippen molar-refractivity contribution in [3.8, 4) is 0 Å². The molecule has 15 heavy (non-hydrogen) atoms. The molecule has 0 aliphatic carbocycles. The predicted octanol–water partition coefficient (Wildman–Crippen LogP) is 0.708. The van der Waals surface area contributed by atoms with Gasteiger partial charge in [-0.2, -0.15) is 4.98 Å². The molecular weight excluding hydrogens is 262 g/mol. The monoisotopic (exact) mass is 275 g/mol. The molecule has 1 heterocycles. The highest BCUT2D eigenvalue weighted by Gasteiger charge is 2.09. The van der Waals surface area contributed by atoms with Crippen LogP contribution in [0.3, 0.4) is 0 Å². The van der Waals surface area contributed by atoms with Crippen LogP contribution in [-0.2, 0) is 0 Å². The Bertz CT molecular complexity index is 318. The minimum atomic E-state index is -0.0261. The summed E-state index contributed by atoms with van der Waals surface area (Å²) in [6.07, 6.45) is 2.40. The van der Waals surface area contributed by atoms with Crippen molar-refractivity contribution in [1.82, 2.24) is 9.97 Å². The van der Waals surface area contributed by atoms with Crippen molar-refractivity contribution < 1.29 is 5.11 Å². The summed E-state index contributed by atoms with van der Waals surface area (Å²) >= 11 is 3.31. The molecule has 0 fully saturated rings. The lowest BCUT2D eigenvalue weighted by Crippen LogP contribution is -2.24. The van der Waals surface area contributed by atoms with Crippen LogP contribution in [0.15, 0.2) is 10.7 Å². The summed E-state index contributed by atoms with van der Waals surface area (Å²) in [6, 6.07) is -0.0261. The Morgan fingerprint density at radius 1 is 1.67 bits per heavy atom. The maximum atomic E-state index is 9.04. The minimum absolute atomic E-state index is 0.0261. The fraction of sp³-hybridized carbons (Fsp3) is 0.500. The lowest BCUT2D eigenvalue weighted by molar-refractivity contribution is 0.271. The van der Waals surface area contributed by atoms with E-state index in [2.05, 4.69) is 36.6 Å². The number of hydrogen-bond donors (Lipinski definition) is 4. The largest absolute Gasteiger partial charge is 0.394 e. The first-order valence-corrected chi connectivity index (χ1v) is 5.37. The molecule has 0 radical (unpaired) electrons. The van der Waals surface area contributed by atoms with E-state index in [0.717, 1.165) is 10.9 Å². The number of rotatable bonds is 5. The SMILES string of the molecule is CCC(CO)Nc1nc(NN)ncc1Br. The highest BCUT2D eigenvalue weighted by Crippen LogP contribution is 2.20. The van der Waals surface area contributed by atoms with Crippen LogP contribution in [0.1, 0.15) is 13.3 Å².